The van der Waals surface area contributed by atoms with E-state index in [2.05, 4.69) is 20.9 Å². The van der Waals surface area contributed by atoms with Crippen LogP contribution in [-0.2, 0) is 9.47 Å². The van der Waals surface area contributed by atoms with E-state index in [1.807, 2.05) is 0 Å². The summed E-state index contributed by atoms with van der Waals surface area (Å²) in [7, 11) is 1.71. The van der Waals surface area contributed by atoms with Gasteiger partial charge in [-0.05, 0) is 25.0 Å². The molecule has 0 aromatic carbocycles. The zero-order chi connectivity index (χ0) is 17.0. The number of nitrogens with one attached hydrogen (secondary N) is 3. The molecule has 1 amide bonds. The number of ether oxygens (including phenoxy) is 2. The molecule has 1 aromatic heterocycles. The average Bonchev–Trinajstić information content (AvgIpc) is 3.29. The molecule has 1 fully saturated rings. The van der Waals surface area contributed by atoms with E-state index >= 15 is 0 Å². The molecule has 2 rings (SSSR count). The third-order valence-electron chi connectivity index (χ3n) is 3.53. The van der Waals surface area contributed by atoms with Crippen LogP contribution in [0.15, 0.2) is 27.8 Å². The fourth-order valence-corrected chi connectivity index (χ4v) is 2.25. The monoisotopic (exact) mass is 338 g/mol. The lowest BCUT2D eigenvalue weighted by molar-refractivity contribution is 0.0420. The summed E-state index contributed by atoms with van der Waals surface area (Å²) in [6.45, 7) is 4.03. The first-order valence-electron chi connectivity index (χ1n) is 8.25. The Bertz CT molecular complexity index is 498. The van der Waals surface area contributed by atoms with Crippen LogP contribution in [0, 0.1) is 0 Å². The van der Waals surface area contributed by atoms with Gasteiger partial charge in [-0.1, -0.05) is 0 Å². The van der Waals surface area contributed by atoms with Gasteiger partial charge in [0.1, 0.15) is 0 Å². The van der Waals surface area contributed by atoms with Gasteiger partial charge in [-0.2, -0.15) is 0 Å². The van der Waals surface area contributed by atoms with Crippen molar-refractivity contribution in [3.05, 3.63) is 24.2 Å². The first-order valence-corrected chi connectivity index (χ1v) is 8.25. The molecule has 0 bridgehead atoms. The van der Waals surface area contributed by atoms with Crippen LogP contribution in [0.3, 0.4) is 0 Å². The van der Waals surface area contributed by atoms with E-state index in [0.717, 1.165) is 26.0 Å². The third kappa shape index (κ3) is 6.59. The van der Waals surface area contributed by atoms with E-state index in [4.69, 9.17) is 13.9 Å². The van der Waals surface area contributed by atoms with Crippen LogP contribution in [-0.4, -0.2) is 64.5 Å². The summed E-state index contributed by atoms with van der Waals surface area (Å²) in [4.78, 5) is 15.8. The third-order valence-corrected chi connectivity index (χ3v) is 3.53. The number of carbonyl (C=O) groups excluding carboxylic acids is 1. The Morgan fingerprint density at radius 2 is 2.17 bits per heavy atom. The molecule has 1 saturated heterocycles. The van der Waals surface area contributed by atoms with Gasteiger partial charge in [0.15, 0.2) is 11.7 Å². The maximum atomic E-state index is 11.7. The predicted octanol–water partition coefficient (Wildman–Crippen LogP) is 0.370. The minimum absolute atomic E-state index is 0.224. The van der Waals surface area contributed by atoms with Gasteiger partial charge in [-0.3, -0.25) is 9.79 Å². The lowest BCUT2D eigenvalue weighted by Gasteiger charge is -2.13. The Morgan fingerprint density at radius 3 is 2.88 bits per heavy atom. The van der Waals surface area contributed by atoms with E-state index in [1.54, 1.807) is 19.2 Å². The van der Waals surface area contributed by atoms with E-state index in [9.17, 15) is 4.79 Å². The fourth-order valence-electron chi connectivity index (χ4n) is 2.25. The minimum atomic E-state index is -0.224. The first kappa shape index (κ1) is 18.3. The summed E-state index contributed by atoms with van der Waals surface area (Å²) in [5.41, 5.74) is 0. The van der Waals surface area contributed by atoms with E-state index in [1.165, 1.54) is 6.26 Å². The molecule has 1 aromatic rings. The van der Waals surface area contributed by atoms with Crippen molar-refractivity contribution < 1.29 is 18.7 Å². The molecule has 1 unspecified atom stereocenters. The van der Waals surface area contributed by atoms with Gasteiger partial charge >= 0.3 is 0 Å². The molecular formula is C16H26N4O4. The van der Waals surface area contributed by atoms with Crippen molar-refractivity contribution >= 4 is 11.9 Å². The molecular weight excluding hydrogens is 312 g/mol. The van der Waals surface area contributed by atoms with Gasteiger partial charge < -0.3 is 29.8 Å². The largest absolute Gasteiger partial charge is 0.459 e. The number of hydrogen-bond acceptors (Lipinski definition) is 5. The van der Waals surface area contributed by atoms with Crippen molar-refractivity contribution in [1.82, 2.24) is 16.0 Å². The van der Waals surface area contributed by atoms with Gasteiger partial charge in [0.05, 0.1) is 19.0 Å². The van der Waals surface area contributed by atoms with Gasteiger partial charge in [0.25, 0.3) is 5.91 Å². The zero-order valence-electron chi connectivity index (χ0n) is 14.0. The van der Waals surface area contributed by atoms with Crippen molar-refractivity contribution in [3.8, 4) is 0 Å². The second-order valence-electron chi connectivity index (χ2n) is 5.37. The van der Waals surface area contributed by atoms with Crippen molar-refractivity contribution in [2.45, 2.75) is 18.9 Å². The number of nitrogens with zero attached hydrogens (tertiary/aromatic N) is 1. The number of rotatable bonds is 9. The van der Waals surface area contributed by atoms with Crippen LogP contribution in [0.2, 0.25) is 0 Å². The molecule has 134 valence electrons. The summed E-state index contributed by atoms with van der Waals surface area (Å²) in [6, 6.07) is 3.31. The number of carbonyl (C=O) groups is 1. The van der Waals surface area contributed by atoms with E-state index < -0.39 is 0 Å². The highest BCUT2D eigenvalue weighted by molar-refractivity contribution is 5.91. The Labute approximate surface area is 142 Å². The van der Waals surface area contributed by atoms with Crippen molar-refractivity contribution in [3.63, 3.8) is 0 Å². The highest BCUT2D eigenvalue weighted by atomic mass is 16.5. The number of amides is 1. The molecule has 24 heavy (non-hydrogen) atoms. The molecule has 1 atom stereocenters. The molecule has 8 heteroatoms. The summed E-state index contributed by atoms with van der Waals surface area (Å²) in [5.74, 6) is 0.786. The quantitative estimate of drug-likeness (QED) is 0.342. The molecule has 0 saturated carbocycles. The highest BCUT2D eigenvalue weighted by Crippen LogP contribution is 2.07. The number of hydrogen-bond donors (Lipinski definition) is 3. The number of aliphatic imine (C=N–C) groups is 1. The standard InChI is InChI=1S/C16H26N4O4/c1-17-16(19-6-3-10-23-13-5-11-22-12-13)20-8-7-18-15(21)14-4-2-9-24-14/h2,4,9,13H,3,5-8,10-12H2,1H3,(H,18,21)(H2,17,19,20). The van der Waals surface area contributed by atoms with Gasteiger partial charge in [-0.15, -0.1) is 0 Å². The Balaban J connectivity index is 1.48. The Morgan fingerprint density at radius 1 is 1.33 bits per heavy atom. The molecule has 3 N–H and O–H groups in total. The molecule has 8 nitrogen and oxygen atoms in total. The van der Waals surface area contributed by atoms with Crippen LogP contribution >= 0.6 is 0 Å². The van der Waals surface area contributed by atoms with Crippen LogP contribution in [0.25, 0.3) is 0 Å². The highest BCUT2D eigenvalue weighted by Gasteiger charge is 2.15. The second-order valence-corrected chi connectivity index (χ2v) is 5.37. The molecule has 1 aliphatic rings. The van der Waals surface area contributed by atoms with Crippen LogP contribution in [0.5, 0.6) is 0 Å². The van der Waals surface area contributed by atoms with E-state index in [-0.39, 0.29) is 12.0 Å². The topological polar surface area (TPSA) is 97.1 Å². The van der Waals surface area contributed by atoms with Crippen molar-refractivity contribution in [2.24, 2.45) is 4.99 Å². The lowest BCUT2D eigenvalue weighted by atomic mass is 10.3. The normalized spacial score (nSPS) is 17.7. The summed E-state index contributed by atoms with van der Waals surface area (Å²) in [6.07, 6.45) is 3.61. The van der Waals surface area contributed by atoms with Gasteiger partial charge in [0.2, 0.25) is 0 Å². The summed E-state index contributed by atoms with van der Waals surface area (Å²) >= 11 is 0. The maximum absolute atomic E-state index is 11.7. The van der Waals surface area contributed by atoms with Crippen LogP contribution in [0.1, 0.15) is 23.4 Å². The van der Waals surface area contributed by atoms with E-state index in [0.29, 0.717) is 38.0 Å². The van der Waals surface area contributed by atoms with Gasteiger partial charge in [0, 0.05) is 39.9 Å². The number of furan rings is 1. The Kier molecular flexibility index (Phi) is 8.12. The first-order chi connectivity index (χ1) is 11.8. The van der Waals surface area contributed by atoms with Crippen LogP contribution in [0.4, 0.5) is 0 Å². The average molecular weight is 338 g/mol. The molecule has 0 spiro atoms. The predicted molar refractivity (Wildman–Crippen MR) is 90.2 cm³/mol. The molecule has 2 heterocycles. The molecule has 0 radical (unpaired) electrons. The van der Waals surface area contributed by atoms with Gasteiger partial charge in [-0.25, -0.2) is 0 Å². The minimum Gasteiger partial charge on any atom is -0.459 e. The second kappa shape index (κ2) is 10.7. The van der Waals surface area contributed by atoms with Crippen molar-refractivity contribution in [1.29, 1.82) is 0 Å². The smallest absolute Gasteiger partial charge is 0.287 e. The SMILES string of the molecule is CN=C(NCCCOC1CCOC1)NCCNC(=O)c1ccco1. The molecule has 0 aliphatic carbocycles. The summed E-state index contributed by atoms with van der Waals surface area (Å²) < 4.78 is 16.0. The summed E-state index contributed by atoms with van der Waals surface area (Å²) in [5, 5.41) is 9.10. The Hall–Kier alpha value is -2.06. The van der Waals surface area contributed by atoms with Crippen LogP contribution < -0.4 is 16.0 Å². The number of guanidine groups is 1. The maximum Gasteiger partial charge on any atom is 0.287 e. The zero-order valence-corrected chi connectivity index (χ0v) is 14.0. The van der Waals surface area contributed by atoms with Crippen molar-refractivity contribution in [2.75, 3.05) is 46.5 Å². The molecule has 1 aliphatic heterocycles. The fraction of sp³-hybridized carbons (Fsp3) is 0.625. The lowest BCUT2D eigenvalue weighted by Crippen LogP contribution is -2.42.